The number of carbonyl (C=O) groups is 1. The van der Waals surface area contributed by atoms with E-state index in [0.717, 1.165) is 36.7 Å². The van der Waals surface area contributed by atoms with E-state index >= 15 is 0 Å². The van der Waals surface area contributed by atoms with Crippen LogP contribution in [0.2, 0.25) is 0 Å². The van der Waals surface area contributed by atoms with Crippen LogP contribution in [0.3, 0.4) is 0 Å². The van der Waals surface area contributed by atoms with Crippen molar-refractivity contribution in [1.82, 2.24) is 24.3 Å². The average Bonchev–Trinajstić information content (AvgIpc) is 3.48. The molecule has 180 valence electrons. The molecule has 10 heteroatoms. The topological polar surface area (TPSA) is 92.7 Å². The first-order valence-electron chi connectivity index (χ1n) is 11.6. The number of ether oxygens (including phenoxy) is 2. The maximum absolute atomic E-state index is 13.6. The lowest BCUT2D eigenvalue weighted by Gasteiger charge is -2.34. The molecular weight excluding hydrogens is 453 g/mol. The second-order valence-corrected chi connectivity index (χ2v) is 8.88. The third kappa shape index (κ3) is 4.10. The molecule has 2 aromatic carbocycles. The Kier molecular flexibility index (Phi) is 5.37. The van der Waals surface area contributed by atoms with Crippen molar-refractivity contribution in [1.29, 1.82) is 0 Å². The van der Waals surface area contributed by atoms with Crippen LogP contribution in [0.5, 0.6) is 11.5 Å². The first-order chi connectivity index (χ1) is 17.0. The van der Waals surface area contributed by atoms with Gasteiger partial charge in [0.1, 0.15) is 16.9 Å². The Morgan fingerprint density at radius 1 is 1.06 bits per heavy atom. The summed E-state index contributed by atoms with van der Waals surface area (Å²) in [5.41, 5.74) is 2.28. The molecule has 0 radical (unpaired) electrons. The molecule has 0 saturated carbocycles. The molecule has 0 bridgehead atoms. The van der Waals surface area contributed by atoms with Gasteiger partial charge in [0.25, 0.3) is 5.56 Å². The fourth-order valence-corrected chi connectivity index (χ4v) is 4.75. The standard InChI is InChI=1S/C25H24FN5O4/c26-17-2-3-19-18(12-17)23-24(28-19)25(33)31(14-27-23)6-5-22(32)30-9-7-29(8-10-30)13-16-1-4-20-21(11-16)35-15-34-20/h1-4,11-12,14,28H,5-10,13,15H2. The molecule has 2 aliphatic heterocycles. The molecule has 0 unspecified atom stereocenters. The number of hydrogen-bond acceptors (Lipinski definition) is 6. The first kappa shape index (κ1) is 21.6. The number of aromatic amines is 1. The van der Waals surface area contributed by atoms with Crippen molar-refractivity contribution in [3.8, 4) is 11.5 Å². The average molecular weight is 477 g/mol. The van der Waals surface area contributed by atoms with Gasteiger partial charge in [-0.3, -0.25) is 19.1 Å². The van der Waals surface area contributed by atoms with Gasteiger partial charge in [-0.05, 0) is 35.9 Å². The Labute approximate surface area is 199 Å². The minimum Gasteiger partial charge on any atom is -0.454 e. The summed E-state index contributed by atoms with van der Waals surface area (Å²) < 4.78 is 25.9. The summed E-state index contributed by atoms with van der Waals surface area (Å²) in [5, 5.41) is 0.568. The van der Waals surface area contributed by atoms with E-state index in [1.54, 1.807) is 6.07 Å². The maximum atomic E-state index is 13.6. The highest BCUT2D eigenvalue weighted by molar-refractivity contribution is 6.04. The lowest BCUT2D eigenvalue weighted by Crippen LogP contribution is -2.48. The number of aryl methyl sites for hydroxylation is 1. The van der Waals surface area contributed by atoms with Gasteiger partial charge >= 0.3 is 0 Å². The van der Waals surface area contributed by atoms with Crippen molar-refractivity contribution < 1.29 is 18.7 Å². The Balaban J connectivity index is 1.06. The van der Waals surface area contributed by atoms with Crippen LogP contribution in [0.1, 0.15) is 12.0 Å². The molecule has 1 amide bonds. The molecule has 1 fully saturated rings. The van der Waals surface area contributed by atoms with E-state index in [9.17, 15) is 14.0 Å². The minimum atomic E-state index is -0.383. The number of aromatic nitrogens is 3. The largest absolute Gasteiger partial charge is 0.454 e. The monoisotopic (exact) mass is 477 g/mol. The van der Waals surface area contributed by atoms with Gasteiger partial charge < -0.3 is 19.4 Å². The van der Waals surface area contributed by atoms with Gasteiger partial charge in [0.2, 0.25) is 12.7 Å². The number of benzene rings is 2. The van der Waals surface area contributed by atoms with E-state index in [1.165, 1.54) is 23.0 Å². The molecule has 0 atom stereocenters. The van der Waals surface area contributed by atoms with Gasteiger partial charge in [-0.25, -0.2) is 9.37 Å². The van der Waals surface area contributed by atoms with Crippen LogP contribution >= 0.6 is 0 Å². The van der Waals surface area contributed by atoms with Gasteiger partial charge in [0, 0.05) is 56.6 Å². The second-order valence-electron chi connectivity index (χ2n) is 8.88. The highest BCUT2D eigenvalue weighted by atomic mass is 19.1. The summed E-state index contributed by atoms with van der Waals surface area (Å²) >= 11 is 0. The number of carbonyl (C=O) groups excluding carboxylic acids is 1. The number of halogens is 1. The van der Waals surface area contributed by atoms with Crippen LogP contribution in [-0.2, 0) is 17.9 Å². The third-order valence-corrected chi connectivity index (χ3v) is 6.67. The third-order valence-electron chi connectivity index (χ3n) is 6.67. The molecule has 0 spiro atoms. The molecule has 1 N–H and O–H groups in total. The van der Waals surface area contributed by atoms with Gasteiger partial charge in [0.05, 0.1) is 6.33 Å². The molecule has 2 aromatic heterocycles. The first-order valence-corrected chi connectivity index (χ1v) is 11.6. The van der Waals surface area contributed by atoms with Crippen LogP contribution < -0.4 is 15.0 Å². The quantitative estimate of drug-likeness (QED) is 0.475. The highest BCUT2D eigenvalue weighted by Gasteiger charge is 2.22. The fraction of sp³-hybridized carbons (Fsp3) is 0.320. The van der Waals surface area contributed by atoms with Crippen LogP contribution in [0.4, 0.5) is 4.39 Å². The van der Waals surface area contributed by atoms with E-state index in [2.05, 4.69) is 14.9 Å². The van der Waals surface area contributed by atoms with Crippen LogP contribution in [0.15, 0.2) is 47.5 Å². The fourth-order valence-electron chi connectivity index (χ4n) is 4.75. The smallest absolute Gasteiger partial charge is 0.277 e. The molecule has 2 aliphatic rings. The van der Waals surface area contributed by atoms with Gasteiger partial charge in [-0.15, -0.1) is 0 Å². The van der Waals surface area contributed by atoms with Crippen LogP contribution in [-0.4, -0.2) is 63.2 Å². The zero-order valence-corrected chi connectivity index (χ0v) is 19.0. The van der Waals surface area contributed by atoms with Crippen LogP contribution in [0.25, 0.3) is 21.9 Å². The lowest BCUT2D eigenvalue weighted by atomic mass is 10.1. The summed E-state index contributed by atoms with van der Waals surface area (Å²) in [6.45, 7) is 4.12. The number of fused-ring (bicyclic) bond motifs is 4. The molecule has 9 nitrogen and oxygen atoms in total. The summed E-state index contributed by atoms with van der Waals surface area (Å²) in [7, 11) is 0. The number of nitrogens with one attached hydrogen (secondary N) is 1. The van der Waals surface area contributed by atoms with Crippen molar-refractivity contribution in [2.75, 3.05) is 33.0 Å². The Morgan fingerprint density at radius 2 is 1.89 bits per heavy atom. The maximum Gasteiger partial charge on any atom is 0.277 e. The minimum absolute atomic E-state index is 0.0124. The van der Waals surface area contributed by atoms with Gasteiger partial charge in [0.15, 0.2) is 11.5 Å². The molecular formula is C25H24FN5O4. The summed E-state index contributed by atoms with van der Waals surface area (Å²) in [6, 6.07) is 10.3. The molecule has 4 aromatic rings. The molecule has 1 saturated heterocycles. The van der Waals surface area contributed by atoms with Crippen molar-refractivity contribution >= 4 is 27.8 Å². The highest BCUT2D eigenvalue weighted by Crippen LogP contribution is 2.32. The number of hydrogen-bond donors (Lipinski definition) is 1. The van der Waals surface area contributed by atoms with E-state index in [4.69, 9.17) is 9.47 Å². The van der Waals surface area contributed by atoms with Crippen molar-refractivity contribution in [3.63, 3.8) is 0 Å². The van der Waals surface area contributed by atoms with E-state index in [1.807, 2.05) is 23.1 Å². The molecule has 6 rings (SSSR count). The molecule has 4 heterocycles. The number of amides is 1. The van der Waals surface area contributed by atoms with Crippen LogP contribution in [0, 0.1) is 5.82 Å². The van der Waals surface area contributed by atoms with Crippen molar-refractivity contribution in [2.24, 2.45) is 0 Å². The molecule has 0 aliphatic carbocycles. The number of rotatable bonds is 5. The van der Waals surface area contributed by atoms with Gasteiger partial charge in [-0.1, -0.05) is 6.07 Å². The summed E-state index contributed by atoms with van der Waals surface area (Å²) in [6.07, 6.45) is 1.64. The number of H-pyrrole nitrogens is 1. The second kappa shape index (κ2) is 8.70. The van der Waals surface area contributed by atoms with Gasteiger partial charge in [-0.2, -0.15) is 0 Å². The summed E-state index contributed by atoms with van der Waals surface area (Å²) in [5.74, 6) is 1.18. The van der Waals surface area contributed by atoms with E-state index in [-0.39, 0.29) is 37.0 Å². The zero-order chi connectivity index (χ0) is 23.9. The predicted octanol–water partition coefficient (Wildman–Crippen LogP) is 2.48. The Hall–Kier alpha value is -3.92. The number of nitrogens with zero attached hydrogens (tertiary/aromatic N) is 4. The van der Waals surface area contributed by atoms with E-state index in [0.29, 0.717) is 35.0 Å². The zero-order valence-electron chi connectivity index (χ0n) is 19.0. The predicted molar refractivity (Wildman–Crippen MR) is 127 cm³/mol. The van der Waals surface area contributed by atoms with E-state index < -0.39 is 0 Å². The normalized spacial score (nSPS) is 15.9. The SMILES string of the molecule is O=C(CCn1cnc2c([nH]c3ccc(F)cc32)c1=O)N1CCN(Cc2ccc3c(c2)OCO3)CC1. The Bertz CT molecular complexity index is 1490. The summed E-state index contributed by atoms with van der Waals surface area (Å²) in [4.78, 5) is 37.2. The van der Waals surface area contributed by atoms with Crippen molar-refractivity contribution in [3.05, 3.63) is 64.5 Å². The molecule has 35 heavy (non-hydrogen) atoms. The lowest BCUT2D eigenvalue weighted by molar-refractivity contribution is -0.133. The number of piperazine rings is 1. The Morgan fingerprint density at radius 3 is 2.74 bits per heavy atom. The van der Waals surface area contributed by atoms with Crippen molar-refractivity contribution in [2.45, 2.75) is 19.5 Å².